The summed E-state index contributed by atoms with van der Waals surface area (Å²) in [4.78, 5) is 12.1. The molecular formula is C14H16ClN3O2S2. The third-order valence-electron chi connectivity index (χ3n) is 2.72. The lowest BCUT2D eigenvalue weighted by molar-refractivity contribution is -0.122. The first-order chi connectivity index (χ1) is 10.5. The largest absolute Gasteiger partial charge is 0.481 e. The summed E-state index contributed by atoms with van der Waals surface area (Å²) < 4.78 is 6.45. The second kappa shape index (κ2) is 7.80. The van der Waals surface area contributed by atoms with Gasteiger partial charge in [-0.2, -0.15) is 0 Å². The Bertz CT molecular complexity index is 663. The molecule has 0 aliphatic rings. The lowest BCUT2D eigenvalue weighted by atomic mass is 10.2. The lowest BCUT2D eigenvalue weighted by Crippen LogP contribution is -2.30. The molecule has 0 saturated heterocycles. The number of thioether (sulfide) groups is 1. The second-order valence-electron chi connectivity index (χ2n) is 4.47. The molecule has 5 nitrogen and oxygen atoms in total. The third kappa shape index (κ3) is 4.59. The highest BCUT2D eigenvalue weighted by Crippen LogP contribution is 2.25. The van der Waals surface area contributed by atoms with Crippen molar-refractivity contribution in [2.24, 2.45) is 0 Å². The Hall–Kier alpha value is -1.31. The normalized spacial score (nSPS) is 12.0. The van der Waals surface area contributed by atoms with Gasteiger partial charge < -0.3 is 4.74 Å². The van der Waals surface area contributed by atoms with E-state index in [0.717, 1.165) is 15.7 Å². The van der Waals surface area contributed by atoms with Crippen LogP contribution in [0.3, 0.4) is 0 Å². The quantitative estimate of drug-likeness (QED) is 0.625. The monoisotopic (exact) mass is 357 g/mol. The summed E-state index contributed by atoms with van der Waals surface area (Å²) in [5.41, 5.74) is 0.900. The Labute approximate surface area is 142 Å². The first-order valence-electron chi connectivity index (χ1n) is 6.69. The number of ether oxygens (including phenoxy) is 1. The van der Waals surface area contributed by atoms with E-state index in [4.69, 9.17) is 16.3 Å². The number of amides is 1. The molecule has 2 aromatic rings. The summed E-state index contributed by atoms with van der Waals surface area (Å²) >= 11 is 8.90. The van der Waals surface area contributed by atoms with Gasteiger partial charge in [-0.05, 0) is 43.4 Å². The van der Waals surface area contributed by atoms with Crippen LogP contribution in [0.5, 0.6) is 5.75 Å². The van der Waals surface area contributed by atoms with E-state index in [1.165, 1.54) is 11.3 Å². The van der Waals surface area contributed by atoms with Crippen LogP contribution in [0.25, 0.3) is 0 Å². The summed E-state index contributed by atoms with van der Waals surface area (Å²) in [5.74, 6) is 1.25. The average Bonchev–Trinajstić information content (AvgIpc) is 2.90. The molecule has 0 spiro atoms. The van der Waals surface area contributed by atoms with Crippen molar-refractivity contribution in [1.82, 2.24) is 10.2 Å². The minimum atomic E-state index is -0.647. The maximum absolute atomic E-state index is 12.1. The maximum Gasteiger partial charge on any atom is 0.266 e. The number of hydrogen-bond acceptors (Lipinski definition) is 6. The Morgan fingerprint density at radius 1 is 1.50 bits per heavy atom. The Kier molecular flexibility index (Phi) is 6.05. The molecule has 22 heavy (non-hydrogen) atoms. The first kappa shape index (κ1) is 17.1. The van der Waals surface area contributed by atoms with Crippen LogP contribution < -0.4 is 10.1 Å². The van der Waals surface area contributed by atoms with Gasteiger partial charge in [-0.15, -0.1) is 10.2 Å². The van der Waals surface area contributed by atoms with Gasteiger partial charge in [0.1, 0.15) is 5.75 Å². The van der Waals surface area contributed by atoms with Crippen LogP contribution in [-0.4, -0.2) is 28.0 Å². The van der Waals surface area contributed by atoms with Gasteiger partial charge in [0.15, 0.2) is 10.4 Å². The van der Waals surface area contributed by atoms with E-state index in [0.29, 0.717) is 15.9 Å². The lowest BCUT2D eigenvalue weighted by Gasteiger charge is -2.14. The van der Waals surface area contributed by atoms with E-state index in [1.54, 1.807) is 36.9 Å². The molecule has 1 aromatic carbocycles. The Morgan fingerprint density at radius 3 is 2.95 bits per heavy atom. The fourth-order valence-corrected chi connectivity index (χ4v) is 3.37. The number of carbonyl (C=O) groups excluding carboxylic acids is 1. The molecule has 2 rings (SSSR count). The second-order valence-corrected chi connectivity index (χ2v) is 7.36. The van der Waals surface area contributed by atoms with Crippen molar-refractivity contribution in [3.05, 3.63) is 28.8 Å². The van der Waals surface area contributed by atoms with Crippen LogP contribution in [0.15, 0.2) is 22.5 Å². The number of halogens is 1. The first-order valence-corrected chi connectivity index (χ1v) is 8.87. The molecule has 1 N–H and O–H groups in total. The molecule has 1 unspecified atom stereocenters. The van der Waals surface area contributed by atoms with E-state index < -0.39 is 6.10 Å². The van der Waals surface area contributed by atoms with Crippen LogP contribution >= 0.6 is 34.7 Å². The molecule has 0 fully saturated rings. The third-order valence-corrected chi connectivity index (χ3v) is 4.99. The molecule has 0 aliphatic heterocycles. The number of hydrogen-bond donors (Lipinski definition) is 1. The number of aryl methyl sites for hydroxylation is 1. The summed E-state index contributed by atoms with van der Waals surface area (Å²) in [6.07, 6.45) is -0.647. The van der Waals surface area contributed by atoms with Crippen LogP contribution in [0, 0.1) is 6.92 Å². The predicted molar refractivity (Wildman–Crippen MR) is 91.2 cm³/mol. The smallest absolute Gasteiger partial charge is 0.266 e. The van der Waals surface area contributed by atoms with Crippen molar-refractivity contribution in [1.29, 1.82) is 0 Å². The van der Waals surface area contributed by atoms with Crippen LogP contribution in [-0.2, 0) is 4.79 Å². The van der Waals surface area contributed by atoms with Crippen LogP contribution in [0.1, 0.15) is 19.4 Å². The number of aromatic nitrogens is 2. The van der Waals surface area contributed by atoms with Crippen molar-refractivity contribution in [2.75, 3.05) is 11.1 Å². The fourth-order valence-electron chi connectivity index (χ4n) is 1.60. The van der Waals surface area contributed by atoms with Crippen molar-refractivity contribution in [3.63, 3.8) is 0 Å². The zero-order valence-electron chi connectivity index (χ0n) is 12.4. The molecule has 1 heterocycles. The summed E-state index contributed by atoms with van der Waals surface area (Å²) in [6, 6.07) is 5.28. The minimum Gasteiger partial charge on any atom is -0.481 e. The molecule has 1 atom stereocenters. The molecule has 1 amide bonds. The van der Waals surface area contributed by atoms with Gasteiger partial charge in [0, 0.05) is 5.02 Å². The van der Waals surface area contributed by atoms with Crippen molar-refractivity contribution < 1.29 is 9.53 Å². The van der Waals surface area contributed by atoms with E-state index in [-0.39, 0.29) is 5.91 Å². The molecule has 1 aromatic heterocycles. The molecular weight excluding hydrogens is 342 g/mol. The molecule has 118 valence electrons. The van der Waals surface area contributed by atoms with Crippen LogP contribution in [0.2, 0.25) is 5.02 Å². The number of benzene rings is 1. The molecule has 8 heteroatoms. The predicted octanol–water partition coefficient (Wildman–Crippen LogP) is 4.02. The topological polar surface area (TPSA) is 64.1 Å². The van der Waals surface area contributed by atoms with Gasteiger partial charge >= 0.3 is 0 Å². The van der Waals surface area contributed by atoms with E-state index >= 15 is 0 Å². The van der Waals surface area contributed by atoms with E-state index in [2.05, 4.69) is 15.5 Å². The zero-order chi connectivity index (χ0) is 16.1. The molecule has 0 radical (unpaired) electrons. The number of nitrogens with one attached hydrogen (secondary N) is 1. The number of nitrogens with zero attached hydrogens (tertiary/aromatic N) is 2. The van der Waals surface area contributed by atoms with E-state index in [9.17, 15) is 4.79 Å². The van der Waals surface area contributed by atoms with Gasteiger partial charge in [-0.25, -0.2) is 0 Å². The molecule has 0 bridgehead atoms. The summed E-state index contributed by atoms with van der Waals surface area (Å²) in [7, 11) is 0. The number of anilines is 1. The van der Waals surface area contributed by atoms with Gasteiger partial charge in [0.25, 0.3) is 5.91 Å². The van der Waals surface area contributed by atoms with E-state index in [1.807, 2.05) is 13.8 Å². The highest BCUT2D eigenvalue weighted by atomic mass is 35.5. The number of rotatable bonds is 6. The van der Waals surface area contributed by atoms with Gasteiger partial charge in [-0.3, -0.25) is 10.1 Å². The minimum absolute atomic E-state index is 0.267. The number of carbonyl (C=O) groups is 1. The SMILES string of the molecule is CCSc1nnc(NC(=O)C(C)Oc2ccc(Cl)c(C)c2)s1. The highest BCUT2D eigenvalue weighted by Gasteiger charge is 2.17. The zero-order valence-corrected chi connectivity index (χ0v) is 14.8. The summed E-state index contributed by atoms with van der Waals surface area (Å²) in [5, 5.41) is 11.8. The highest BCUT2D eigenvalue weighted by molar-refractivity contribution is 8.01. The Balaban J connectivity index is 1.94. The summed E-state index contributed by atoms with van der Waals surface area (Å²) in [6.45, 7) is 5.60. The van der Waals surface area contributed by atoms with Crippen LogP contribution in [0.4, 0.5) is 5.13 Å². The molecule has 0 saturated carbocycles. The van der Waals surface area contributed by atoms with Gasteiger partial charge in [0.05, 0.1) is 0 Å². The maximum atomic E-state index is 12.1. The van der Waals surface area contributed by atoms with Crippen molar-refractivity contribution in [3.8, 4) is 5.75 Å². The van der Waals surface area contributed by atoms with Crippen molar-refractivity contribution in [2.45, 2.75) is 31.2 Å². The molecule has 0 aliphatic carbocycles. The average molecular weight is 358 g/mol. The van der Waals surface area contributed by atoms with Gasteiger partial charge in [0.2, 0.25) is 5.13 Å². The van der Waals surface area contributed by atoms with Gasteiger partial charge in [-0.1, -0.05) is 41.6 Å². The standard InChI is InChI=1S/C14H16ClN3O2S2/c1-4-21-14-18-17-13(22-14)16-12(19)9(3)20-10-5-6-11(15)8(2)7-10/h5-7,9H,4H2,1-3H3,(H,16,17,19). The van der Waals surface area contributed by atoms with Crippen molar-refractivity contribution >= 4 is 45.7 Å². The Morgan fingerprint density at radius 2 is 2.27 bits per heavy atom. The fraction of sp³-hybridized carbons (Fsp3) is 0.357.